The van der Waals surface area contributed by atoms with Crippen molar-refractivity contribution in [3.63, 3.8) is 0 Å². The van der Waals surface area contributed by atoms with Crippen LogP contribution in [-0.2, 0) is 14.3 Å². The number of esters is 2. The third-order valence-corrected chi connectivity index (χ3v) is 9.98. The summed E-state index contributed by atoms with van der Waals surface area (Å²) in [5.41, 5.74) is 8.65. The van der Waals surface area contributed by atoms with Gasteiger partial charge in [0.05, 0.1) is 27.7 Å². The Hall–Kier alpha value is -5.08. The average molecular weight is 688 g/mol. The molecular weight excluding hydrogens is 648 g/mol. The highest BCUT2D eigenvalue weighted by atomic mass is 19.2. The van der Waals surface area contributed by atoms with Crippen molar-refractivity contribution < 1.29 is 27.8 Å². The number of hydrogen-bond acceptors (Lipinski definition) is 10. The first-order valence-electron chi connectivity index (χ1n) is 16.7. The van der Waals surface area contributed by atoms with Gasteiger partial charge >= 0.3 is 11.9 Å². The monoisotopic (exact) mass is 687 g/mol. The number of aromatic amines is 1. The number of benzene rings is 1. The molecule has 0 bridgehead atoms. The van der Waals surface area contributed by atoms with E-state index in [2.05, 4.69) is 32.1 Å². The van der Waals surface area contributed by atoms with E-state index < -0.39 is 35.2 Å². The SMILES string of the molecule is CNc1cc(F)c(F)c2c1[nH]c1ncc(-c3ccc4ccc(C(=O)OCCOC(=O)C(N)C(C)C)c(=O)n4c3)c(N3CC[C@H]4CN(C)C[C@H]43)c12. The molecule has 2 aliphatic heterocycles. The maximum atomic E-state index is 15.8. The molecule has 5 aromatic rings. The Bertz CT molecular complexity index is 2220. The normalized spacial score (nSPS) is 18.4. The number of likely N-dealkylation sites (N-methyl/N-ethyl adjacent to an activating group) is 1. The lowest BCUT2D eigenvalue weighted by Gasteiger charge is -2.29. The van der Waals surface area contributed by atoms with E-state index in [1.54, 1.807) is 45.4 Å². The quantitative estimate of drug-likeness (QED) is 0.153. The number of H-pyrrole nitrogens is 1. The average Bonchev–Trinajstić information content (AvgIpc) is 3.79. The van der Waals surface area contributed by atoms with Crippen LogP contribution in [0.3, 0.4) is 0 Å². The van der Waals surface area contributed by atoms with Crippen molar-refractivity contribution in [1.29, 1.82) is 0 Å². The summed E-state index contributed by atoms with van der Waals surface area (Å²) in [6.45, 7) is 5.57. The maximum absolute atomic E-state index is 15.8. The zero-order chi connectivity index (χ0) is 35.4. The fraction of sp³-hybridized carbons (Fsp3) is 0.389. The van der Waals surface area contributed by atoms with Gasteiger partial charge in [-0.05, 0) is 43.5 Å². The number of rotatable bonds is 9. The van der Waals surface area contributed by atoms with Gasteiger partial charge in [0.1, 0.15) is 30.5 Å². The predicted octanol–water partition coefficient (Wildman–Crippen LogP) is 4.14. The van der Waals surface area contributed by atoms with Crippen LogP contribution in [0.5, 0.6) is 0 Å². The third kappa shape index (κ3) is 5.61. The molecular formula is C36H39F2N7O5. The standard InChI is InChI=1S/C36H39F2N7O5/c1-18(2)30(39)36(48)50-12-11-49-35(47)22-8-7-21-6-5-19(16-45(21)34(22)46)23-14-41-33-28(27-29(38)24(37)13-25(40-3)31(27)42-33)32(23)44-10-9-20-15-43(4)17-26(20)44/h5-8,13-14,16,18,20,26,30,40H,9-12,15,17,39H2,1-4H3,(H,41,42)/t20-,26+,30?/m0/s1. The largest absolute Gasteiger partial charge is 0.461 e. The molecule has 0 saturated carbocycles. The molecule has 3 atom stereocenters. The number of likely N-dealkylation sites (tertiary alicyclic amines) is 1. The maximum Gasteiger partial charge on any atom is 0.343 e. The molecule has 2 aliphatic rings. The van der Waals surface area contributed by atoms with Crippen molar-refractivity contribution in [2.75, 3.05) is 57.2 Å². The molecule has 2 saturated heterocycles. The molecule has 262 valence electrons. The van der Waals surface area contributed by atoms with Gasteiger partial charge in [-0.25, -0.2) is 18.6 Å². The number of ether oxygens (including phenoxy) is 2. The smallest absolute Gasteiger partial charge is 0.343 e. The summed E-state index contributed by atoms with van der Waals surface area (Å²) in [6, 6.07) is 7.08. The molecule has 2 fully saturated rings. The zero-order valence-corrected chi connectivity index (χ0v) is 28.3. The van der Waals surface area contributed by atoms with E-state index in [0.29, 0.717) is 57.0 Å². The van der Waals surface area contributed by atoms with Gasteiger partial charge in [-0.15, -0.1) is 0 Å². The molecule has 12 nitrogen and oxygen atoms in total. The van der Waals surface area contributed by atoms with Crippen molar-refractivity contribution in [3.05, 3.63) is 70.3 Å². The second-order valence-corrected chi connectivity index (χ2v) is 13.5. The van der Waals surface area contributed by atoms with Crippen molar-refractivity contribution in [3.8, 4) is 11.1 Å². The number of carbonyl (C=O) groups is 2. The highest BCUT2D eigenvalue weighted by molar-refractivity contribution is 6.18. The Labute approximate surface area is 286 Å². The van der Waals surface area contributed by atoms with E-state index in [1.807, 2.05) is 6.07 Å². The van der Waals surface area contributed by atoms with Crippen LogP contribution in [0, 0.1) is 23.5 Å². The first kappa shape index (κ1) is 33.4. The lowest BCUT2D eigenvalue weighted by atomic mass is 10.00. The molecule has 6 heterocycles. The summed E-state index contributed by atoms with van der Waals surface area (Å²) in [4.78, 5) is 51.1. The minimum atomic E-state index is -0.979. The number of fused-ring (bicyclic) bond motifs is 5. The number of nitrogens with two attached hydrogens (primary N) is 1. The number of carbonyl (C=O) groups excluding carboxylic acids is 2. The lowest BCUT2D eigenvalue weighted by Crippen LogP contribution is -2.37. The number of nitrogens with one attached hydrogen (secondary N) is 2. The van der Waals surface area contributed by atoms with Gasteiger partial charge in [0.2, 0.25) is 0 Å². The molecule has 4 aromatic heterocycles. The van der Waals surface area contributed by atoms with Crippen LogP contribution in [0.4, 0.5) is 20.2 Å². The predicted molar refractivity (Wildman–Crippen MR) is 187 cm³/mol. The van der Waals surface area contributed by atoms with Crippen molar-refractivity contribution in [2.45, 2.75) is 32.4 Å². The van der Waals surface area contributed by atoms with Crippen LogP contribution in [0.25, 0.3) is 38.6 Å². The molecule has 14 heteroatoms. The number of aromatic nitrogens is 3. The molecule has 7 rings (SSSR count). The topological polar surface area (TPSA) is 147 Å². The Morgan fingerprint density at radius 2 is 1.88 bits per heavy atom. The lowest BCUT2D eigenvalue weighted by molar-refractivity contribution is -0.147. The van der Waals surface area contributed by atoms with Gasteiger partial charge < -0.3 is 35.3 Å². The minimum absolute atomic E-state index is 0.100. The molecule has 4 N–H and O–H groups in total. The Morgan fingerprint density at radius 1 is 1.12 bits per heavy atom. The van der Waals surface area contributed by atoms with Crippen LogP contribution >= 0.6 is 0 Å². The van der Waals surface area contributed by atoms with Gasteiger partial charge in [0, 0.05) is 67.8 Å². The Morgan fingerprint density at radius 3 is 2.64 bits per heavy atom. The molecule has 1 aromatic carbocycles. The van der Waals surface area contributed by atoms with Gasteiger partial charge in [-0.3, -0.25) is 14.0 Å². The van der Waals surface area contributed by atoms with E-state index in [4.69, 9.17) is 15.2 Å². The van der Waals surface area contributed by atoms with E-state index in [0.717, 1.165) is 25.6 Å². The van der Waals surface area contributed by atoms with E-state index in [9.17, 15) is 14.4 Å². The molecule has 50 heavy (non-hydrogen) atoms. The van der Waals surface area contributed by atoms with Gasteiger partial charge in [-0.2, -0.15) is 0 Å². The van der Waals surface area contributed by atoms with E-state index in [-0.39, 0.29) is 36.1 Å². The van der Waals surface area contributed by atoms with Crippen molar-refractivity contribution >= 4 is 50.8 Å². The minimum Gasteiger partial charge on any atom is -0.461 e. The second-order valence-electron chi connectivity index (χ2n) is 13.5. The van der Waals surface area contributed by atoms with Crippen LogP contribution in [0.2, 0.25) is 0 Å². The molecule has 0 amide bonds. The number of anilines is 2. The summed E-state index contributed by atoms with van der Waals surface area (Å²) in [5.74, 6) is -3.13. The van der Waals surface area contributed by atoms with Crippen LogP contribution < -0.4 is 21.5 Å². The van der Waals surface area contributed by atoms with Crippen molar-refractivity contribution in [2.24, 2.45) is 17.6 Å². The van der Waals surface area contributed by atoms with Gasteiger partial charge in [0.25, 0.3) is 5.56 Å². The molecule has 0 aliphatic carbocycles. The number of halogens is 2. The Kier molecular flexibility index (Phi) is 8.68. The summed E-state index contributed by atoms with van der Waals surface area (Å²) >= 11 is 0. The molecule has 0 spiro atoms. The molecule has 1 unspecified atom stereocenters. The highest BCUT2D eigenvalue weighted by Crippen LogP contribution is 2.46. The fourth-order valence-electron chi connectivity index (χ4n) is 7.33. The van der Waals surface area contributed by atoms with Crippen LogP contribution in [0.15, 0.2) is 47.5 Å². The number of hydrogen-bond donors (Lipinski definition) is 3. The van der Waals surface area contributed by atoms with Gasteiger partial charge in [0.15, 0.2) is 11.6 Å². The van der Waals surface area contributed by atoms with E-state index in [1.165, 1.54) is 10.5 Å². The van der Waals surface area contributed by atoms with Crippen LogP contribution in [-0.4, -0.2) is 90.2 Å². The van der Waals surface area contributed by atoms with E-state index >= 15 is 8.78 Å². The summed E-state index contributed by atoms with van der Waals surface area (Å²) in [6.07, 6.45) is 4.24. The first-order valence-corrected chi connectivity index (χ1v) is 16.7. The number of nitrogens with zero attached hydrogens (tertiary/aromatic N) is 4. The second kappa shape index (κ2) is 13.0. The van der Waals surface area contributed by atoms with Crippen molar-refractivity contribution in [1.82, 2.24) is 19.3 Å². The first-order chi connectivity index (χ1) is 24.0. The zero-order valence-electron chi connectivity index (χ0n) is 28.3. The summed E-state index contributed by atoms with van der Waals surface area (Å²) in [5, 5.41) is 3.52. The van der Waals surface area contributed by atoms with Gasteiger partial charge in [-0.1, -0.05) is 19.9 Å². The molecule has 0 radical (unpaired) electrons. The highest BCUT2D eigenvalue weighted by Gasteiger charge is 2.42. The number of pyridine rings is 3. The third-order valence-electron chi connectivity index (χ3n) is 9.98. The van der Waals surface area contributed by atoms with Crippen LogP contribution in [0.1, 0.15) is 30.6 Å². The summed E-state index contributed by atoms with van der Waals surface area (Å²) in [7, 11) is 3.72. The fourth-order valence-corrected chi connectivity index (χ4v) is 7.33. The Balaban J connectivity index is 1.31. The summed E-state index contributed by atoms with van der Waals surface area (Å²) < 4.78 is 42.6.